The molecule has 0 aromatic heterocycles. The Hall–Kier alpha value is 0.846. The van der Waals surface area contributed by atoms with Crippen LogP contribution in [0, 0.1) is 0 Å². The first-order chi connectivity index (χ1) is 4.81. The van der Waals surface area contributed by atoms with Crippen molar-refractivity contribution in [2.75, 3.05) is 6.61 Å². The van der Waals surface area contributed by atoms with E-state index in [0.29, 0.717) is 6.61 Å². The monoisotopic (exact) mass is 181 g/mol. The minimum atomic E-state index is -0.240. The van der Waals surface area contributed by atoms with Crippen LogP contribution in [0.25, 0.3) is 0 Å². The molecule has 0 saturated carbocycles. The second kappa shape index (κ2) is 10.8. The Morgan fingerprint density at radius 1 is 1.45 bits per heavy atom. The van der Waals surface area contributed by atoms with Crippen molar-refractivity contribution in [2.24, 2.45) is 0 Å². The molecule has 0 amide bonds. The second-order valence-corrected chi connectivity index (χ2v) is 1.94. The summed E-state index contributed by atoms with van der Waals surface area (Å²) in [6.45, 7) is 4.32. The Kier molecular flexibility index (Phi) is 14.2. The van der Waals surface area contributed by atoms with Crippen LogP contribution in [0.5, 0.6) is 0 Å². The number of hydrogen-bond donors (Lipinski definition) is 0. The molecular formula is C8H14KO2. The normalized spacial score (nSPS) is 9.27. The fraction of sp³-hybridized carbons (Fsp3) is 0.625. The summed E-state index contributed by atoms with van der Waals surface area (Å²) in [5.74, 6) is -0.240. The minimum absolute atomic E-state index is 0. The second-order valence-electron chi connectivity index (χ2n) is 1.94. The SMILES string of the molecule is CCCC=CC(=O)OCC.[K]. The summed E-state index contributed by atoms with van der Waals surface area (Å²) in [5, 5.41) is 0. The van der Waals surface area contributed by atoms with Crippen LogP contribution < -0.4 is 0 Å². The van der Waals surface area contributed by atoms with Crippen LogP contribution in [0.1, 0.15) is 26.7 Å². The third-order valence-electron chi connectivity index (χ3n) is 0.996. The van der Waals surface area contributed by atoms with Crippen molar-refractivity contribution >= 4 is 57.4 Å². The Morgan fingerprint density at radius 2 is 2.09 bits per heavy atom. The van der Waals surface area contributed by atoms with Crippen LogP contribution in [0.15, 0.2) is 12.2 Å². The third kappa shape index (κ3) is 10.8. The largest absolute Gasteiger partial charge is 0.463 e. The molecule has 11 heavy (non-hydrogen) atoms. The maximum absolute atomic E-state index is 10.6. The molecule has 0 aliphatic rings. The van der Waals surface area contributed by atoms with E-state index >= 15 is 0 Å². The average Bonchev–Trinajstić information content (AvgIpc) is 1.89. The van der Waals surface area contributed by atoms with Crippen molar-refractivity contribution in [1.29, 1.82) is 0 Å². The molecule has 0 aromatic carbocycles. The van der Waals surface area contributed by atoms with Crippen LogP contribution in [-0.2, 0) is 9.53 Å². The molecule has 0 spiro atoms. The van der Waals surface area contributed by atoms with Gasteiger partial charge in [-0.1, -0.05) is 19.4 Å². The Bertz CT molecular complexity index is 121. The van der Waals surface area contributed by atoms with Gasteiger partial charge in [-0.05, 0) is 13.3 Å². The summed E-state index contributed by atoms with van der Waals surface area (Å²) < 4.78 is 4.66. The van der Waals surface area contributed by atoms with Gasteiger partial charge in [0.15, 0.2) is 0 Å². The van der Waals surface area contributed by atoms with Crippen molar-refractivity contribution in [1.82, 2.24) is 0 Å². The first-order valence-corrected chi connectivity index (χ1v) is 3.64. The summed E-state index contributed by atoms with van der Waals surface area (Å²) in [7, 11) is 0. The average molecular weight is 181 g/mol. The van der Waals surface area contributed by atoms with Gasteiger partial charge < -0.3 is 4.74 Å². The molecule has 0 rings (SSSR count). The summed E-state index contributed by atoms with van der Waals surface area (Å²) in [6.07, 6.45) is 5.32. The number of carbonyl (C=O) groups is 1. The molecule has 0 aliphatic carbocycles. The van der Waals surface area contributed by atoms with Crippen molar-refractivity contribution in [3.8, 4) is 0 Å². The van der Waals surface area contributed by atoms with Gasteiger partial charge in [0.05, 0.1) is 6.61 Å². The summed E-state index contributed by atoms with van der Waals surface area (Å²) >= 11 is 0. The van der Waals surface area contributed by atoms with E-state index in [4.69, 9.17) is 0 Å². The van der Waals surface area contributed by atoms with Crippen molar-refractivity contribution in [3.05, 3.63) is 12.2 Å². The maximum atomic E-state index is 10.6. The van der Waals surface area contributed by atoms with E-state index in [0.717, 1.165) is 12.8 Å². The molecule has 3 heteroatoms. The molecule has 0 unspecified atom stereocenters. The number of esters is 1. The Balaban J connectivity index is 0. The van der Waals surface area contributed by atoms with Gasteiger partial charge in [-0.25, -0.2) is 4.79 Å². The van der Waals surface area contributed by atoms with E-state index in [1.54, 1.807) is 6.92 Å². The molecular weight excluding hydrogens is 167 g/mol. The van der Waals surface area contributed by atoms with Crippen molar-refractivity contribution in [3.63, 3.8) is 0 Å². The fourth-order valence-corrected chi connectivity index (χ4v) is 0.537. The van der Waals surface area contributed by atoms with Gasteiger partial charge in [-0.3, -0.25) is 0 Å². The van der Waals surface area contributed by atoms with Gasteiger partial charge in [0.25, 0.3) is 0 Å². The van der Waals surface area contributed by atoms with Crippen molar-refractivity contribution < 1.29 is 9.53 Å². The van der Waals surface area contributed by atoms with Crippen LogP contribution in [-0.4, -0.2) is 64.0 Å². The van der Waals surface area contributed by atoms with Crippen LogP contribution >= 0.6 is 0 Å². The smallest absolute Gasteiger partial charge is 0.330 e. The Labute approximate surface area is 111 Å². The number of hydrogen-bond acceptors (Lipinski definition) is 2. The predicted octanol–water partition coefficient (Wildman–Crippen LogP) is 1.52. The Morgan fingerprint density at radius 3 is 2.55 bits per heavy atom. The molecule has 1 radical (unpaired) electrons. The summed E-state index contributed by atoms with van der Waals surface area (Å²) in [4.78, 5) is 10.6. The van der Waals surface area contributed by atoms with E-state index < -0.39 is 0 Å². The first kappa shape index (κ1) is 14.4. The third-order valence-corrected chi connectivity index (χ3v) is 0.996. The van der Waals surface area contributed by atoms with Gasteiger partial charge >= 0.3 is 5.97 Å². The van der Waals surface area contributed by atoms with E-state index in [2.05, 4.69) is 11.7 Å². The van der Waals surface area contributed by atoms with E-state index in [1.165, 1.54) is 6.08 Å². The predicted molar refractivity (Wildman–Crippen MR) is 46.4 cm³/mol. The topological polar surface area (TPSA) is 26.3 Å². The molecule has 0 aromatic rings. The van der Waals surface area contributed by atoms with E-state index in [1.807, 2.05) is 6.08 Å². The summed E-state index contributed by atoms with van der Waals surface area (Å²) in [6, 6.07) is 0. The molecule has 59 valence electrons. The van der Waals surface area contributed by atoms with E-state index in [9.17, 15) is 4.79 Å². The van der Waals surface area contributed by atoms with Gasteiger partial charge in [0.2, 0.25) is 0 Å². The molecule has 0 aliphatic heterocycles. The zero-order chi connectivity index (χ0) is 7.82. The molecule has 2 nitrogen and oxygen atoms in total. The number of allylic oxidation sites excluding steroid dienone is 1. The molecule has 0 heterocycles. The number of ether oxygens (including phenoxy) is 1. The number of unbranched alkanes of at least 4 members (excludes halogenated alkanes) is 1. The van der Waals surface area contributed by atoms with Crippen LogP contribution in [0.3, 0.4) is 0 Å². The number of carbonyl (C=O) groups excluding carboxylic acids is 1. The first-order valence-electron chi connectivity index (χ1n) is 3.64. The van der Waals surface area contributed by atoms with Crippen molar-refractivity contribution in [2.45, 2.75) is 26.7 Å². The zero-order valence-electron chi connectivity index (χ0n) is 7.59. The van der Waals surface area contributed by atoms with Crippen LogP contribution in [0.2, 0.25) is 0 Å². The minimum Gasteiger partial charge on any atom is -0.463 e. The van der Waals surface area contributed by atoms with Gasteiger partial charge in [-0.15, -0.1) is 0 Å². The quantitative estimate of drug-likeness (QED) is 0.373. The molecule has 0 saturated heterocycles. The van der Waals surface area contributed by atoms with Gasteiger partial charge in [-0.2, -0.15) is 0 Å². The van der Waals surface area contributed by atoms with Crippen LogP contribution in [0.4, 0.5) is 0 Å². The summed E-state index contributed by atoms with van der Waals surface area (Å²) in [5.41, 5.74) is 0. The standard InChI is InChI=1S/C8H14O2.K/c1-3-5-6-7-8(9)10-4-2;/h6-7H,3-5H2,1-2H3;. The zero-order valence-corrected chi connectivity index (χ0v) is 10.7. The fourth-order valence-electron chi connectivity index (χ4n) is 0.537. The van der Waals surface area contributed by atoms with Gasteiger partial charge in [0, 0.05) is 57.5 Å². The molecule has 0 fully saturated rings. The molecule has 0 N–H and O–H groups in total. The van der Waals surface area contributed by atoms with Gasteiger partial charge in [0.1, 0.15) is 0 Å². The number of rotatable bonds is 4. The van der Waals surface area contributed by atoms with E-state index in [-0.39, 0.29) is 57.4 Å². The maximum Gasteiger partial charge on any atom is 0.330 e. The molecule has 0 bridgehead atoms. The molecule has 0 atom stereocenters.